The lowest BCUT2D eigenvalue weighted by atomic mass is 10.1. The molecule has 2 aliphatic rings. The van der Waals surface area contributed by atoms with E-state index in [2.05, 4.69) is 25.7 Å². The van der Waals surface area contributed by atoms with Crippen LogP contribution in [0.2, 0.25) is 0 Å². The van der Waals surface area contributed by atoms with Crippen molar-refractivity contribution in [2.75, 3.05) is 61.1 Å². The van der Waals surface area contributed by atoms with Gasteiger partial charge in [-0.2, -0.15) is 5.10 Å². The zero-order valence-corrected chi connectivity index (χ0v) is 18.6. The lowest BCUT2D eigenvalue weighted by Crippen LogP contribution is -2.36. The minimum atomic E-state index is -0.339. The third-order valence-corrected chi connectivity index (χ3v) is 6.04. The minimum Gasteiger partial charge on any atom is -0.378 e. The monoisotopic (exact) mass is 438 g/mol. The van der Waals surface area contributed by atoms with E-state index in [1.54, 1.807) is 11.1 Å². The second-order valence-corrected chi connectivity index (χ2v) is 8.29. The van der Waals surface area contributed by atoms with Gasteiger partial charge in [0.1, 0.15) is 0 Å². The predicted octanol–water partition coefficient (Wildman–Crippen LogP) is 1.51. The summed E-state index contributed by atoms with van der Waals surface area (Å²) in [6.45, 7) is 8.53. The van der Waals surface area contributed by atoms with Crippen LogP contribution in [0.5, 0.6) is 0 Å². The maximum atomic E-state index is 12.6. The molecule has 2 saturated heterocycles. The van der Waals surface area contributed by atoms with Crippen molar-refractivity contribution in [1.29, 1.82) is 0 Å². The predicted molar refractivity (Wildman–Crippen MR) is 123 cm³/mol. The Morgan fingerprint density at radius 3 is 2.72 bits per heavy atom. The Balaban J connectivity index is 1.24. The van der Waals surface area contributed by atoms with E-state index in [1.807, 2.05) is 38.1 Å². The van der Waals surface area contributed by atoms with Crippen LogP contribution in [0.1, 0.15) is 17.5 Å². The van der Waals surface area contributed by atoms with Crippen molar-refractivity contribution in [1.82, 2.24) is 15.5 Å². The first-order valence-corrected chi connectivity index (χ1v) is 11.1. The molecule has 0 saturated carbocycles. The van der Waals surface area contributed by atoms with Gasteiger partial charge in [0, 0.05) is 50.9 Å². The molecule has 1 aromatic carbocycles. The Hall–Kier alpha value is -3.20. The van der Waals surface area contributed by atoms with E-state index in [1.165, 1.54) is 5.56 Å². The normalized spacial score (nSPS) is 18.7. The highest BCUT2D eigenvalue weighted by molar-refractivity contribution is 6.00. The van der Waals surface area contributed by atoms with Crippen LogP contribution in [0.3, 0.4) is 0 Å². The Bertz CT molecular complexity index is 976. The van der Waals surface area contributed by atoms with Gasteiger partial charge in [-0.15, -0.1) is 5.10 Å². The summed E-state index contributed by atoms with van der Waals surface area (Å²) >= 11 is 0. The fourth-order valence-electron chi connectivity index (χ4n) is 3.98. The maximum absolute atomic E-state index is 12.6. The number of benzene rings is 1. The number of carbonyl (C=O) groups excluding carboxylic acids is 2. The molecule has 2 N–H and O–H groups in total. The van der Waals surface area contributed by atoms with Gasteiger partial charge < -0.3 is 25.2 Å². The largest absolute Gasteiger partial charge is 0.378 e. The van der Waals surface area contributed by atoms with Crippen LogP contribution in [0.25, 0.3) is 0 Å². The number of aromatic nitrogens is 2. The van der Waals surface area contributed by atoms with Gasteiger partial charge in [-0.05, 0) is 37.1 Å². The molecule has 2 fully saturated rings. The zero-order chi connectivity index (χ0) is 22.5. The number of rotatable bonds is 7. The molecule has 170 valence electrons. The lowest BCUT2D eigenvalue weighted by molar-refractivity contribution is -0.126. The van der Waals surface area contributed by atoms with Gasteiger partial charge in [0.2, 0.25) is 11.8 Å². The van der Waals surface area contributed by atoms with Gasteiger partial charge in [0.05, 0.1) is 31.0 Å². The topological polar surface area (TPSA) is 99.7 Å². The summed E-state index contributed by atoms with van der Waals surface area (Å²) < 4.78 is 5.39. The van der Waals surface area contributed by atoms with Gasteiger partial charge in [0.15, 0.2) is 5.82 Å². The minimum absolute atomic E-state index is 0.0123. The second-order valence-electron chi connectivity index (χ2n) is 8.29. The summed E-state index contributed by atoms with van der Waals surface area (Å²) in [4.78, 5) is 29.0. The number of amides is 2. The number of hydrogen-bond acceptors (Lipinski definition) is 7. The molecule has 1 atom stereocenters. The lowest BCUT2D eigenvalue weighted by Gasteiger charge is -2.28. The summed E-state index contributed by atoms with van der Waals surface area (Å²) in [6.07, 6.45) is 1.98. The average molecular weight is 439 g/mol. The van der Waals surface area contributed by atoms with Crippen LogP contribution in [-0.2, 0) is 14.3 Å². The Morgan fingerprint density at radius 1 is 1.12 bits per heavy atom. The van der Waals surface area contributed by atoms with Gasteiger partial charge >= 0.3 is 0 Å². The van der Waals surface area contributed by atoms with Crippen LogP contribution in [0.4, 0.5) is 17.2 Å². The smallest absolute Gasteiger partial charge is 0.227 e. The number of morpholine rings is 1. The molecule has 3 heterocycles. The highest BCUT2D eigenvalue weighted by atomic mass is 16.5. The van der Waals surface area contributed by atoms with Crippen molar-refractivity contribution in [2.45, 2.75) is 20.3 Å². The number of anilines is 3. The second kappa shape index (κ2) is 9.95. The molecule has 9 heteroatoms. The number of aryl methyl sites for hydroxylation is 2. The summed E-state index contributed by atoms with van der Waals surface area (Å²) in [5.41, 5.74) is 4.18. The molecule has 1 unspecified atom stereocenters. The van der Waals surface area contributed by atoms with Crippen molar-refractivity contribution in [3.63, 3.8) is 0 Å². The molecular formula is C23H30N6O3. The van der Waals surface area contributed by atoms with Gasteiger partial charge in [-0.25, -0.2) is 0 Å². The maximum Gasteiger partial charge on any atom is 0.227 e. The van der Waals surface area contributed by atoms with E-state index in [0.29, 0.717) is 38.7 Å². The highest BCUT2D eigenvalue weighted by Gasteiger charge is 2.35. The highest BCUT2D eigenvalue weighted by Crippen LogP contribution is 2.27. The molecular weight excluding hydrogens is 408 g/mol. The number of ether oxygens (including phenoxy) is 1. The van der Waals surface area contributed by atoms with Gasteiger partial charge in [-0.1, -0.05) is 6.07 Å². The van der Waals surface area contributed by atoms with E-state index < -0.39 is 0 Å². The van der Waals surface area contributed by atoms with Crippen molar-refractivity contribution in [3.8, 4) is 0 Å². The van der Waals surface area contributed by atoms with Crippen LogP contribution in [0.15, 0.2) is 30.5 Å². The SMILES string of the molecule is Cc1ccc(N2CC(C(=O)NCCNc3cc(N4CCOCC4)cnn3)CC2=O)cc1C. The molecule has 1 aromatic heterocycles. The fraction of sp³-hybridized carbons (Fsp3) is 0.478. The van der Waals surface area contributed by atoms with E-state index >= 15 is 0 Å². The molecule has 0 spiro atoms. The first-order valence-electron chi connectivity index (χ1n) is 11.1. The van der Waals surface area contributed by atoms with Crippen molar-refractivity contribution >= 4 is 29.0 Å². The van der Waals surface area contributed by atoms with Gasteiger partial charge in [0.25, 0.3) is 0 Å². The van der Waals surface area contributed by atoms with E-state index in [9.17, 15) is 9.59 Å². The Kier molecular flexibility index (Phi) is 6.84. The Labute approximate surface area is 188 Å². The van der Waals surface area contributed by atoms with Crippen molar-refractivity contribution in [2.24, 2.45) is 5.92 Å². The zero-order valence-electron chi connectivity index (χ0n) is 18.6. The number of hydrogen-bond donors (Lipinski definition) is 2. The first-order chi connectivity index (χ1) is 15.5. The van der Waals surface area contributed by atoms with Gasteiger partial charge in [-0.3, -0.25) is 9.59 Å². The standard InChI is InChI=1S/C23H30N6O3/c1-16-3-4-19(11-17(16)2)29-15-18(12-22(29)30)23(31)25-6-5-24-21-13-20(14-26-27-21)28-7-9-32-10-8-28/h3-4,11,13-14,18H,5-10,12,15H2,1-2H3,(H,24,27)(H,25,31). The summed E-state index contributed by atoms with van der Waals surface area (Å²) in [7, 11) is 0. The van der Waals surface area contributed by atoms with Crippen LogP contribution >= 0.6 is 0 Å². The molecule has 9 nitrogen and oxygen atoms in total. The van der Waals surface area contributed by atoms with Crippen LogP contribution in [-0.4, -0.2) is 67.9 Å². The molecule has 2 aliphatic heterocycles. The molecule has 32 heavy (non-hydrogen) atoms. The number of nitrogens with one attached hydrogen (secondary N) is 2. The third-order valence-electron chi connectivity index (χ3n) is 6.04. The van der Waals surface area contributed by atoms with Crippen LogP contribution < -0.4 is 20.4 Å². The molecule has 4 rings (SSSR count). The quantitative estimate of drug-likeness (QED) is 0.632. The van der Waals surface area contributed by atoms with Crippen molar-refractivity contribution < 1.29 is 14.3 Å². The Morgan fingerprint density at radius 2 is 1.94 bits per heavy atom. The first kappa shape index (κ1) is 22.0. The van der Waals surface area contributed by atoms with Crippen molar-refractivity contribution in [3.05, 3.63) is 41.6 Å². The molecule has 0 aliphatic carbocycles. The summed E-state index contributed by atoms with van der Waals surface area (Å²) in [5.74, 6) is 0.218. The van der Waals surface area contributed by atoms with E-state index in [0.717, 1.165) is 30.0 Å². The summed E-state index contributed by atoms with van der Waals surface area (Å²) in [5, 5.41) is 14.3. The number of nitrogens with zero attached hydrogens (tertiary/aromatic N) is 4. The van der Waals surface area contributed by atoms with E-state index in [-0.39, 0.29) is 24.2 Å². The average Bonchev–Trinajstić information content (AvgIpc) is 3.21. The molecule has 0 bridgehead atoms. The molecule has 0 radical (unpaired) electrons. The number of carbonyl (C=O) groups is 2. The molecule has 2 aromatic rings. The molecule has 2 amide bonds. The fourth-order valence-corrected chi connectivity index (χ4v) is 3.98. The van der Waals surface area contributed by atoms with E-state index in [4.69, 9.17) is 4.74 Å². The third kappa shape index (κ3) is 5.16. The summed E-state index contributed by atoms with van der Waals surface area (Å²) in [6, 6.07) is 7.91. The van der Waals surface area contributed by atoms with Crippen LogP contribution in [0, 0.1) is 19.8 Å².